The maximum absolute atomic E-state index is 5.39. The number of anilines is 3. The summed E-state index contributed by atoms with van der Waals surface area (Å²) in [6.45, 7) is 6.43. The highest BCUT2D eigenvalue weighted by Crippen LogP contribution is 2.19. The van der Waals surface area contributed by atoms with Gasteiger partial charge in [-0.15, -0.1) is 0 Å². The number of nitrogens with zero attached hydrogens (tertiary/aromatic N) is 4. The van der Waals surface area contributed by atoms with E-state index in [1.54, 1.807) is 0 Å². The first kappa shape index (κ1) is 14.3. The van der Waals surface area contributed by atoms with Gasteiger partial charge in [-0.2, -0.15) is 15.0 Å². The summed E-state index contributed by atoms with van der Waals surface area (Å²) < 4.78 is 5.39. The molecule has 0 radical (unpaired) electrons. The Morgan fingerprint density at radius 2 is 1.95 bits per heavy atom. The van der Waals surface area contributed by atoms with Gasteiger partial charge in [-0.05, 0) is 32.6 Å². The third kappa shape index (κ3) is 3.72. The number of piperidine rings is 1. The first-order valence-corrected chi connectivity index (χ1v) is 7.94. The zero-order valence-corrected chi connectivity index (χ0v) is 12.6. The van der Waals surface area contributed by atoms with Crippen molar-refractivity contribution in [3.63, 3.8) is 0 Å². The molecule has 0 bridgehead atoms. The zero-order valence-electron chi connectivity index (χ0n) is 12.6. The molecule has 7 nitrogen and oxygen atoms in total. The van der Waals surface area contributed by atoms with Crippen LogP contribution in [0, 0.1) is 0 Å². The average Bonchev–Trinajstić information content (AvgIpc) is 3.01. The Hall–Kier alpha value is -1.63. The molecule has 2 saturated heterocycles. The Morgan fingerprint density at radius 1 is 1.14 bits per heavy atom. The maximum Gasteiger partial charge on any atom is 0.231 e. The molecular formula is C14H24N6O. The van der Waals surface area contributed by atoms with Crippen LogP contribution in [0.1, 0.15) is 32.6 Å². The molecule has 3 rings (SSSR count). The van der Waals surface area contributed by atoms with Crippen molar-refractivity contribution >= 4 is 17.8 Å². The number of rotatable bonds is 5. The Balaban J connectivity index is 1.78. The minimum Gasteiger partial charge on any atom is -0.379 e. The molecule has 0 spiro atoms. The van der Waals surface area contributed by atoms with Crippen LogP contribution in [-0.4, -0.2) is 53.8 Å². The van der Waals surface area contributed by atoms with Crippen molar-refractivity contribution < 1.29 is 4.74 Å². The fraction of sp³-hybridized carbons (Fsp3) is 0.786. The summed E-state index contributed by atoms with van der Waals surface area (Å²) in [5.74, 6) is 2.08. The predicted molar refractivity (Wildman–Crippen MR) is 82.9 cm³/mol. The molecule has 2 aliphatic rings. The normalized spacial score (nSPS) is 22.3. The van der Waals surface area contributed by atoms with E-state index in [9.17, 15) is 0 Å². The van der Waals surface area contributed by atoms with Gasteiger partial charge in [0.1, 0.15) is 0 Å². The maximum atomic E-state index is 5.39. The van der Waals surface area contributed by atoms with E-state index in [4.69, 9.17) is 4.74 Å². The Bertz CT molecular complexity index is 457. The highest BCUT2D eigenvalue weighted by Gasteiger charge is 2.19. The quantitative estimate of drug-likeness (QED) is 0.851. The molecule has 21 heavy (non-hydrogen) atoms. The van der Waals surface area contributed by atoms with Crippen LogP contribution in [0.3, 0.4) is 0 Å². The third-order valence-electron chi connectivity index (χ3n) is 3.86. The van der Waals surface area contributed by atoms with Crippen molar-refractivity contribution in [2.24, 2.45) is 0 Å². The summed E-state index contributed by atoms with van der Waals surface area (Å²) in [6, 6.07) is 0.302. The lowest BCUT2D eigenvalue weighted by Gasteiger charge is -2.27. The zero-order chi connectivity index (χ0) is 14.5. The number of aromatic nitrogens is 3. The lowest BCUT2D eigenvalue weighted by Crippen LogP contribution is -2.32. The molecule has 1 unspecified atom stereocenters. The average molecular weight is 292 g/mol. The second kappa shape index (κ2) is 6.89. The summed E-state index contributed by atoms with van der Waals surface area (Å²) in [6.07, 6.45) is 4.72. The molecule has 3 heterocycles. The Morgan fingerprint density at radius 3 is 2.67 bits per heavy atom. The van der Waals surface area contributed by atoms with Crippen LogP contribution in [0.4, 0.5) is 17.8 Å². The number of nitrogens with one attached hydrogen (secondary N) is 2. The lowest BCUT2D eigenvalue weighted by atomic mass is 10.1. The molecule has 116 valence electrons. The standard InChI is InChI=1S/C14H24N6O/c1-2-15-12-17-13(16-11-6-9-21-10-11)19-14(18-12)20-7-4-3-5-8-20/h11H,2-10H2,1H3,(H2,15,16,17,18,19). The van der Waals surface area contributed by atoms with E-state index in [2.05, 4.69) is 30.5 Å². The van der Waals surface area contributed by atoms with Gasteiger partial charge in [-0.25, -0.2) is 0 Å². The Labute approximate surface area is 125 Å². The van der Waals surface area contributed by atoms with Gasteiger partial charge < -0.3 is 20.3 Å². The summed E-state index contributed by atoms with van der Waals surface area (Å²) in [5.41, 5.74) is 0. The molecule has 1 aromatic heterocycles. The largest absolute Gasteiger partial charge is 0.379 e. The van der Waals surface area contributed by atoms with E-state index in [-0.39, 0.29) is 0 Å². The minimum atomic E-state index is 0.302. The first-order valence-electron chi connectivity index (χ1n) is 7.94. The van der Waals surface area contributed by atoms with Crippen molar-refractivity contribution in [3.8, 4) is 0 Å². The van der Waals surface area contributed by atoms with Gasteiger partial charge >= 0.3 is 0 Å². The number of ether oxygens (including phenoxy) is 1. The molecule has 1 aromatic rings. The number of hydrogen-bond acceptors (Lipinski definition) is 7. The highest BCUT2D eigenvalue weighted by atomic mass is 16.5. The fourth-order valence-corrected chi connectivity index (χ4v) is 2.73. The van der Waals surface area contributed by atoms with Crippen LogP contribution in [0.15, 0.2) is 0 Å². The van der Waals surface area contributed by atoms with Crippen LogP contribution in [-0.2, 0) is 4.74 Å². The molecular weight excluding hydrogens is 268 g/mol. The molecule has 0 saturated carbocycles. The van der Waals surface area contributed by atoms with Crippen LogP contribution >= 0.6 is 0 Å². The number of hydrogen-bond donors (Lipinski definition) is 2. The molecule has 2 aliphatic heterocycles. The first-order chi connectivity index (χ1) is 10.3. The minimum absolute atomic E-state index is 0.302. The molecule has 2 fully saturated rings. The van der Waals surface area contributed by atoms with Crippen LogP contribution < -0.4 is 15.5 Å². The molecule has 0 aliphatic carbocycles. The van der Waals surface area contributed by atoms with Crippen LogP contribution in [0.2, 0.25) is 0 Å². The van der Waals surface area contributed by atoms with E-state index in [1.165, 1.54) is 19.3 Å². The summed E-state index contributed by atoms with van der Waals surface area (Å²) in [4.78, 5) is 15.8. The molecule has 7 heteroatoms. The van der Waals surface area contributed by atoms with Gasteiger partial charge in [0.25, 0.3) is 0 Å². The van der Waals surface area contributed by atoms with E-state index < -0.39 is 0 Å². The van der Waals surface area contributed by atoms with E-state index >= 15 is 0 Å². The smallest absolute Gasteiger partial charge is 0.231 e. The second-order valence-corrected chi connectivity index (χ2v) is 5.57. The predicted octanol–water partition coefficient (Wildman–Crippen LogP) is 1.49. The summed E-state index contributed by atoms with van der Waals surface area (Å²) >= 11 is 0. The molecule has 2 N–H and O–H groups in total. The van der Waals surface area contributed by atoms with Gasteiger partial charge in [0.15, 0.2) is 0 Å². The second-order valence-electron chi connectivity index (χ2n) is 5.57. The topological polar surface area (TPSA) is 75.2 Å². The van der Waals surface area contributed by atoms with Gasteiger partial charge in [0.2, 0.25) is 17.8 Å². The third-order valence-corrected chi connectivity index (χ3v) is 3.86. The van der Waals surface area contributed by atoms with Crippen molar-refractivity contribution in [2.45, 2.75) is 38.6 Å². The SMILES string of the molecule is CCNc1nc(NC2CCOC2)nc(N2CCCCC2)n1. The van der Waals surface area contributed by atoms with Crippen LogP contribution in [0.25, 0.3) is 0 Å². The molecule has 0 amide bonds. The van der Waals surface area contributed by atoms with E-state index in [0.717, 1.165) is 45.2 Å². The molecule has 0 aromatic carbocycles. The van der Waals surface area contributed by atoms with Gasteiger partial charge in [-0.1, -0.05) is 0 Å². The van der Waals surface area contributed by atoms with Gasteiger partial charge in [0, 0.05) is 26.2 Å². The summed E-state index contributed by atoms with van der Waals surface area (Å²) in [5, 5.41) is 6.56. The van der Waals surface area contributed by atoms with Crippen LogP contribution in [0.5, 0.6) is 0 Å². The van der Waals surface area contributed by atoms with Crippen molar-refractivity contribution in [1.29, 1.82) is 0 Å². The highest BCUT2D eigenvalue weighted by molar-refractivity contribution is 5.44. The van der Waals surface area contributed by atoms with Gasteiger partial charge in [-0.3, -0.25) is 0 Å². The Kier molecular flexibility index (Phi) is 4.69. The van der Waals surface area contributed by atoms with Crippen molar-refractivity contribution in [3.05, 3.63) is 0 Å². The van der Waals surface area contributed by atoms with E-state index in [1.807, 2.05) is 6.92 Å². The van der Waals surface area contributed by atoms with Crippen molar-refractivity contribution in [1.82, 2.24) is 15.0 Å². The molecule has 1 atom stereocenters. The van der Waals surface area contributed by atoms with Crippen molar-refractivity contribution in [2.75, 3.05) is 48.4 Å². The fourth-order valence-electron chi connectivity index (χ4n) is 2.73. The van der Waals surface area contributed by atoms with Gasteiger partial charge in [0.05, 0.1) is 12.6 Å². The summed E-state index contributed by atoms with van der Waals surface area (Å²) in [7, 11) is 0. The lowest BCUT2D eigenvalue weighted by molar-refractivity contribution is 0.195. The van der Waals surface area contributed by atoms with E-state index in [0.29, 0.717) is 17.9 Å². The monoisotopic (exact) mass is 292 g/mol.